The first-order chi connectivity index (χ1) is 10.7. The van der Waals surface area contributed by atoms with E-state index < -0.39 is 0 Å². The van der Waals surface area contributed by atoms with Crippen LogP contribution in [0.15, 0.2) is 35.7 Å². The molecule has 1 aromatic heterocycles. The van der Waals surface area contributed by atoms with E-state index in [0.29, 0.717) is 5.41 Å². The number of nitrogens with two attached hydrogens (primary N) is 1. The summed E-state index contributed by atoms with van der Waals surface area (Å²) in [6.07, 6.45) is 3.31. The van der Waals surface area contributed by atoms with Crippen LogP contribution < -0.4 is 5.73 Å². The van der Waals surface area contributed by atoms with Gasteiger partial charge in [0, 0.05) is 24.9 Å². The molecule has 1 saturated heterocycles. The van der Waals surface area contributed by atoms with E-state index in [2.05, 4.69) is 47.5 Å². The average Bonchev–Trinajstić information content (AvgIpc) is 3.14. The molecule has 1 atom stereocenters. The highest BCUT2D eigenvalue weighted by Gasteiger charge is 2.32. The standard InChI is InChI=1S/C18H25N3S.2ClH/c1-18(13-19)9-10-21(14-18)11-16-12-22-17(20-16)8-7-15-5-3-2-4-6-15;;/h2-6,12H,7-11,13-14,19H2,1H3;2*1H. The van der Waals surface area contributed by atoms with Crippen LogP contribution in [-0.4, -0.2) is 29.5 Å². The zero-order chi connectivity index (χ0) is 15.4. The Morgan fingerprint density at radius 3 is 2.62 bits per heavy atom. The van der Waals surface area contributed by atoms with Gasteiger partial charge < -0.3 is 5.73 Å². The minimum absolute atomic E-state index is 0. The van der Waals surface area contributed by atoms with Crippen LogP contribution >= 0.6 is 36.2 Å². The summed E-state index contributed by atoms with van der Waals surface area (Å²) in [5.74, 6) is 0. The second-order valence-corrected chi connectivity index (χ2v) is 7.64. The van der Waals surface area contributed by atoms with E-state index >= 15 is 0 Å². The van der Waals surface area contributed by atoms with E-state index in [-0.39, 0.29) is 24.8 Å². The van der Waals surface area contributed by atoms with E-state index in [1.165, 1.54) is 22.7 Å². The number of benzene rings is 1. The molecule has 2 aromatic rings. The summed E-state index contributed by atoms with van der Waals surface area (Å²) in [7, 11) is 0. The number of hydrogen-bond acceptors (Lipinski definition) is 4. The smallest absolute Gasteiger partial charge is 0.0932 e. The van der Waals surface area contributed by atoms with Crippen molar-refractivity contribution in [3.8, 4) is 0 Å². The minimum atomic E-state index is 0. The first-order valence-electron chi connectivity index (χ1n) is 8.06. The Bertz CT molecular complexity index is 605. The Morgan fingerprint density at radius 1 is 1.21 bits per heavy atom. The van der Waals surface area contributed by atoms with Crippen LogP contribution in [0.4, 0.5) is 0 Å². The van der Waals surface area contributed by atoms with E-state index in [9.17, 15) is 0 Å². The van der Waals surface area contributed by atoms with Gasteiger partial charge in [0.25, 0.3) is 0 Å². The summed E-state index contributed by atoms with van der Waals surface area (Å²) in [5.41, 5.74) is 8.78. The van der Waals surface area contributed by atoms with E-state index in [0.717, 1.165) is 39.0 Å². The molecule has 0 aliphatic carbocycles. The number of thiazole rings is 1. The van der Waals surface area contributed by atoms with Crippen molar-refractivity contribution in [1.29, 1.82) is 0 Å². The Hall–Kier alpha value is -0.650. The number of hydrogen-bond donors (Lipinski definition) is 1. The number of halogens is 2. The third-order valence-corrected chi connectivity index (χ3v) is 5.54. The summed E-state index contributed by atoms with van der Waals surface area (Å²) in [6, 6.07) is 10.6. The van der Waals surface area contributed by atoms with E-state index in [1.54, 1.807) is 11.3 Å². The monoisotopic (exact) mass is 387 g/mol. The van der Waals surface area contributed by atoms with Crippen molar-refractivity contribution in [2.24, 2.45) is 11.1 Å². The molecule has 134 valence electrons. The molecule has 0 saturated carbocycles. The van der Waals surface area contributed by atoms with Gasteiger partial charge in [-0.15, -0.1) is 36.2 Å². The summed E-state index contributed by atoms with van der Waals surface area (Å²) in [5, 5.41) is 3.47. The van der Waals surface area contributed by atoms with Crippen LogP contribution in [0, 0.1) is 5.41 Å². The van der Waals surface area contributed by atoms with Gasteiger partial charge in [0.05, 0.1) is 10.7 Å². The molecule has 1 aliphatic rings. The van der Waals surface area contributed by atoms with Gasteiger partial charge >= 0.3 is 0 Å². The zero-order valence-corrected chi connectivity index (χ0v) is 16.6. The second-order valence-electron chi connectivity index (χ2n) is 6.69. The molecule has 0 bridgehead atoms. The lowest BCUT2D eigenvalue weighted by Gasteiger charge is -2.22. The molecule has 0 amide bonds. The van der Waals surface area contributed by atoms with Crippen LogP contribution in [0.1, 0.15) is 29.6 Å². The lowest BCUT2D eigenvalue weighted by molar-refractivity contribution is 0.272. The molecule has 0 spiro atoms. The molecular weight excluding hydrogens is 361 g/mol. The summed E-state index contributed by atoms with van der Waals surface area (Å²) >= 11 is 1.80. The van der Waals surface area contributed by atoms with Crippen molar-refractivity contribution >= 4 is 36.2 Å². The van der Waals surface area contributed by atoms with Crippen molar-refractivity contribution in [2.75, 3.05) is 19.6 Å². The van der Waals surface area contributed by atoms with Crippen molar-refractivity contribution in [3.05, 3.63) is 52.0 Å². The van der Waals surface area contributed by atoms with Gasteiger partial charge in [-0.3, -0.25) is 4.90 Å². The maximum absolute atomic E-state index is 5.88. The lowest BCUT2D eigenvalue weighted by atomic mass is 9.90. The van der Waals surface area contributed by atoms with Crippen LogP contribution in [0.25, 0.3) is 0 Å². The predicted molar refractivity (Wildman–Crippen MR) is 108 cm³/mol. The Balaban J connectivity index is 0.00000144. The van der Waals surface area contributed by atoms with Gasteiger partial charge in [-0.2, -0.15) is 0 Å². The fourth-order valence-corrected chi connectivity index (χ4v) is 3.88. The number of likely N-dealkylation sites (tertiary alicyclic amines) is 1. The first kappa shape index (κ1) is 21.4. The molecule has 24 heavy (non-hydrogen) atoms. The molecule has 1 aromatic carbocycles. The molecule has 3 nitrogen and oxygen atoms in total. The highest BCUT2D eigenvalue weighted by molar-refractivity contribution is 7.09. The van der Waals surface area contributed by atoms with Crippen molar-refractivity contribution < 1.29 is 0 Å². The Labute approximate surface area is 161 Å². The summed E-state index contributed by atoms with van der Waals surface area (Å²) in [6.45, 7) is 6.28. The fourth-order valence-electron chi connectivity index (χ4n) is 3.09. The van der Waals surface area contributed by atoms with Crippen LogP contribution in [0.5, 0.6) is 0 Å². The van der Waals surface area contributed by atoms with Gasteiger partial charge in [0.2, 0.25) is 0 Å². The van der Waals surface area contributed by atoms with Crippen molar-refractivity contribution in [2.45, 2.75) is 32.7 Å². The summed E-state index contributed by atoms with van der Waals surface area (Å²) < 4.78 is 0. The predicted octanol–water partition coefficient (Wildman–Crippen LogP) is 3.94. The normalized spacial score (nSPS) is 20.4. The van der Waals surface area contributed by atoms with E-state index in [1.807, 2.05) is 0 Å². The zero-order valence-electron chi connectivity index (χ0n) is 14.1. The minimum Gasteiger partial charge on any atom is -0.330 e. The van der Waals surface area contributed by atoms with Crippen LogP contribution in [-0.2, 0) is 19.4 Å². The molecule has 1 unspecified atom stereocenters. The Morgan fingerprint density at radius 2 is 1.96 bits per heavy atom. The number of aryl methyl sites for hydroxylation is 2. The molecule has 2 N–H and O–H groups in total. The third-order valence-electron chi connectivity index (χ3n) is 4.58. The molecule has 1 aliphatic heterocycles. The van der Waals surface area contributed by atoms with Crippen molar-refractivity contribution in [1.82, 2.24) is 9.88 Å². The number of rotatable bonds is 6. The largest absolute Gasteiger partial charge is 0.330 e. The molecular formula is C18H27Cl2N3S. The van der Waals surface area contributed by atoms with Gasteiger partial charge in [0.15, 0.2) is 0 Å². The van der Waals surface area contributed by atoms with Gasteiger partial charge in [-0.05, 0) is 36.9 Å². The maximum Gasteiger partial charge on any atom is 0.0932 e. The van der Waals surface area contributed by atoms with Gasteiger partial charge in [-0.25, -0.2) is 4.98 Å². The van der Waals surface area contributed by atoms with Crippen LogP contribution in [0.2, 0.25) is 0 Å². The quantitative estimate of drug-likeness (QED) is 0.815. The van der Waals surface area contributed by atoms with Crippen LogP contribution in [0.3, 0.4) is 0 Å². The van der Waals surface area contributed by atoms with Gasteiger partial charge in [-0.1, -0.05) is 37.3 Å². The second kappa shape index (κ2) is 9.73. The molecule has 0 radical (unpaired) electrons. The maximum atomic E-state index is 5.88. The molecule has 2 heterocycles. The molecule has 1 fully saturated rings. The molecule has 6 heteroatoms. The number of nitrogens with zero attached hydrogens (tertiary/aromatic N) is 2. The van der Waals surface area contributed by atoms with E-state index in [4.69, 9.17) is 10.7 Å². The molecule has 3 rings (SSSR count). The third kappa shape index (κ3) is 5.71. The Kier molecular flexibility index (Phi) is 8.68. The topological polar surface area (TPSA) is 42.1 Å². The summed E-state index contributed by atoms with van der Waals surface area (Å²) in [4.78, 5) is 7.30. The highest BCUT2D eigenvalue weighted by atomic mass is 35.5. The van der Waals surface area contributed by atoms with Crippen molar-refractivity contribution in [3.63, 3.8) is 0 Å². The lowest BCUT2D eigenvalue weighted by Crippen LogP contribution is -2.31. The van der Waals surface area contributed by atoms with Gasteiger partial charge in [0.1, 0.15) is 0 Å². The average molecular weight is 388 g/mol. The number of aromatic nitrogens is 1. The fraction of sp³-hybridized carbons (Fsp3) is 0.500. The first-order valence-corrected chi connectivity index (χ1v) is 8.94. The SMILES string of the molecule is CC1(CN)CCN(Cc2csc(CCc3ccccc3)n2)C1.Cl.Cl. The highest BCUT2D eigenvalue weighted by Crippen LogP contribution is 2.29.